The Morgan fingerprint density at radius 3 is 2.23 bits per heavy atom. The number of ether oxygens (including phenoxy) is 6. The Morgan fingerprint density at radius 2 is 1.62 bits per heavy atom. The van der Waals surface area contributed by atoms with Gasteiger partial charge in [0.1, 0.15) is 11.9 Å². The normalized spacial score (nSPS) is 35.2. The zero-order valence-corrected chi connectivity index (χ0v) is 16.6. The van der Waals surface area contributed by atoms with E-state index in [1.165, 1.54) is 5.57 Å². The average Bonchev–Trinajstić information content (AvgIpc) is 2.70. The first-order valence-electron chi connectivity index (χ1n) is 9.44. The molecule has 2 fully saturated rings. The van der Waals surface area contributed by atoms with Crippen LogP contribution in [0.3, 0.4) is 0 Å². The molecule has 26 heavy (non-hydrogen) atoms. The molecule has 0 aromatic rings. The van der Waals surface area contributed by atoms with E-state index in [-0.39, 0.29) is 18.3 Å². The van der Waals surface area contributed by atoms with Crippen LogP contribution in [0, 0.1) is 11.8 Å². The maximum absolute atomic E-state index is 6.32. The summed E-state index contributed by atoms with van der Waals surface area (Å²) in [4.78, 5) is 0. The first kappa shape index (κ1) is 19.5. The maximum atomic E-state index is 6.32. The third-order valence-corrected chi connectivity index (χ3v) is 6.15. The van der Waals surface area contributed by atoms with Gasteiger partial charge in [0.05, 0.1) is 40.1 Å². The van der Waals surface area contributed by atoms with Crippen LogP contribution in [0.25, 0.3) is 0 Å². The van der Waals surface area contributed by atoms with Crippen molar-refractivity contribution in [2.24, 2.45) is 11.8 Å². The van der Waals surface area contributed by atoms with E-state index in [0.29, 0.717) is 18.4 Å². The summed E-state index contributed by atoms with van der Waals surface area (Å²) in [5.74, 6) is 3.20. The van der Waals surface area contributed by atoms with Crippen LogP contribution in [-0.2, 0) is 28.4 Å². The topological polar surface area (TPSA) is 55.4 Å². The van der Waals surface area contributed by atoms with E-state index < -0.39 is 0 Å². The number of hydrogen-bond donors (Lipinski definition) is 0. The second-order valence-corrected chi connectivity index (χ2v) is 7.26. The summed E-state index contributed by atoms with van der Waals surface area (Å²) in [6.07, 6.45) is 5.19. The molecule has 2 aliphatic carbocycles. The molecule has 148 valence electrons. The highest BCUT2D eigenvalue weighted by atomic mass is 16.6. The molecule has 0 spiro atoms. The Balaban J connectivity index is 1.80. The lowest BCUT2D eigenvalue weighted by Gasteiger charge is -2.46. The molecule has 6 heteroatoms. The van der Waals surface area contributed by atoms with Gasteiger partial charge in [0, 0.05) is 26.6 Å². The van der Waals surface area contributed by atoms with Crippen molar-refractivity contribution >= 4 is 0 Å². The molecule has 6 nitrogen and oxygen atoms in total. The highest BCUT2D eigenvalue weighted by Crippen LogP contribution is 2.44. The molecular weight excluding hydrogens is 336 g/mol. The van der Waals surface area contributed by atoms with Gasteiger partial charge < -0.3 is 28.4 Å². The molecule has 0 N–H and O–H groups in total. The minimum absolute atomic E-state index is 0.0106. The molecule has 4 unspecified atom stereocenters. The Labute approximate surface area is 156 Å². The smallest absolute Gasteiger partial charge is 0.198 e. The zero-order valence-electron chi connectivity index (χ0n) is 16.6. The van der Waals surface area contributed by atoms with E-state index in [0.717, 1.165) is 49.4 Å². The number of methoxy groups -OCH3 is 5. The van der Waals surface area contributed by atoms with Gasteiger partial charge in [-0.2, -0.15) is 0 Å². The molecule has 0 bridgehead atoms. The van der Waals surface area contributed by atoms with Gasteiger partial charge in [-0.3, -0.25) is 0 Å². The second kappa shape index (κ2) is 8.63. The van der Waals surface area contributed by atoms with Crippen molar-refractivity contribution in [3.8, 4) is 0 Å². The lowest BCUT2D eigenvalue weighted by molar-refractivity contribution is -0.181. The number of allylic oxidation sites excluding steroid dienone is 1. The van der Waals surface area contributed by atoms with Gasteiger partial charge in [0.25, 0.3) is 0 Å². The molecule has 1 saturated carbocycles. The quantitative estimate of drug-likeness (QED) is 0.718. The third-order valence-electron chi connectivity index (χ3n) is 6.15. The summed E-state index contributed by atoms with van der Waals surface area (Å²) in [5, 5.41) is 0. The van der Waals surface area contributed by atoms with E-state index in [2.05, 4.69) is 0 Å². The fraction of sp³-hybridized carbons (Fsp3) is 0.800. The first-order chi connectivity index (χ1) is 12.7. The van der Waals surface area contributed by atoms with Gasteiger partial charge in [-0.25, -0.2) is 0 Å². The van der Waals surface area contributed by atoms with Crippen LogP contribution >= 0.6 is 0 Å². The zero-order chi connectivity index (χ0) is 18.7. The largest absolute Gasteiger partial charge is 0.497 e. The van der Waals surface area contributed by atoms with Crippen LogP contribution in [0.2, 0.25) is 0 Å². The van der Waals surface area contributed by atoms with Crippen LogP contribution in [0.5, 0.6) is 0 Å². The van der Waals surface area contributed by atoms with Gasteiger partial charge in [-0.05, 0) is 37.2 Å². The van der Waals surface area contributed by atoms with Crippen molar-refractivity contribution < 1.29 is 28.4 Å². The molecule has 0 amide bonds. The molecule has 3 rings (SSSR count). The minimum Gasteiger partial charge on any atom is -0.497 e. The van der Waals surface area contributed by atoms with Crippen molar-refractivity contribution in [3.05, 3.63) is 22.9 Å². The summed E-state index contributed by atoms with van der Waals surface area (Å²) in [7, 11) is 8.55. The van der Waals surface area contributed by atoms with Crippen LogP contribution in [-0.4, -0.2) is 60.5 Å². The summed E-state index contributed by atoms with van der Waals surface area (Å²) >= 11 is 0. The van der Waals surface area contributed by atoms with E-state index >= 15 is 0 Å². The van der Waals surface area contributed by atoms with Crippen molar-refractivity contribution in [1.82, 2.24) is 0 Å². The molecule has 5 atom stereocenters. The molecule has 1 heterocycles. The fourth-order valence-corrected chi connectivity index (χ4v) is 4.87. The number of fused-ring (bicyclic) bond motifs is 1. The Hall–Kier alpha value is -1.24. The molecule has 3 aliphatic rings. The van der Waals surface area contributed by atoms with Crippen LogP contribution in [0.15, 0.2) is 22.9 Å². The van der Waals surface area contributed by atoms with E-state index in [9.17, 15) is 0 Å². The van der Waals surface area contributed by atoms with Crippen LogP contribution in [0.1, 0.15) is 32.1 Å². The van der Waals surface area contributed by atoms with E-state index in [1.54, 1.807) is 35.5 Å². The lowest BCUT2D eigenvalue weighted by atomic mass is 9.73. The average molecular weight is 368 g/mol. The fourth-order valence-electron chi connectivity index (χ4n) is 4.87. The predicted octanol–water partition coefficient (Wildman–Crippen LogP) is 3.03. The van der Waals surface area contributed by atoms with Crippen molar-refractivity contribution in [1.29, 1.82) is 0 Å². The summed E-state index contributed by atoms with van der Waals surface area (Å²) in [6, 6.07) is 0. The Morgan fingerprint density at radius 1 is 0.846 bits per heavy atom. The summed E-state index contributed by atoms with van der Waals surface area (Å²) in [6.45, 7) is 0.680. The number of rotatable bonds is 6. The standard InChI is InChI=1S/C20H32O6/c1-21-15-8-6-12-10-13(11-26-17(12)19(15)24-4)14-7-9-16(22-2)20(25-5)18(14)23-3/h12-13,15,17,19H,6-11H2,1-5H3/t12?,13-,15?,17?,19?/m0/s1. The van der Waals surface area contributed by atoms with Crippen LogP contribution < -0.4 is 0 Å². The molecule has 0 aromatic carbocycles. The first-order valence-corrected chi connectivity index (χ1v) is 9.44. The highest BCUT2D eigenvalue weighted by Gasteiger charge is 2.45. The third kappa shape index (κ3) is 3.47. The number of hydrogen-bond acceptors (Lipinski definition) is 6. The maximum Gasteiger partial charge on any atom is 0.198 e. The van der Waals surface area contributed by atoms with E-state index in [4.69, 9.17) is 28.4 Å². The van der Waals surface area contributed by atoms with Gasteiger partial charge in [0.15, 0.2) is 11.5 Å². The van der Waals surface area contributed by atoms with Gasteiger partial charge >= 0.3 is 0 Å². The monoisotopic (exact) mass is 368 g/mol. The van der Waals surface area contributed by atoms with Crippen molar-refractivity contribution in [2.45, 2.75) is 50.4 Å². The summed E-state index contributed by atoms with van der Waals surface area (Å²) in [5.41, 5.74) is 1.28. The SMILES string of the molecule is COC1=C(OC)C(OC)=C([C@@H]2COC3C(CCC(OC)C3OC)C2)CC1. The van der Waals surface area contributed by atoms with Gasteiger partial charge in [-0.1, -0.05) is 0 Å². The summed E-state index contributed by atoms with van der Waals surface area (Å²) < 4.78 is 34.4. The minimum atomic E-state index is 0.0106. The van der Waals surface area contributed by atoms with Crippen molar-refractivity contribution in [3.63, 3.8) is 0 Å². The predicted molar refractivity (Wildman–Crippen MR) is 96.5 cm³/mol. The molecule has 0 radical (unpaired) electrons. The van der Waals surface area contributed by atoms with Gasteiger partial charge in [0.2, 0.25) is 0 Å². The van der Waals surface area contributed by atoms with Gasteiger partial charge in [-0.15, -0.1) is 0 Å². The highest BCUT2D eigenvalue weighted by molar-refractivity contribution is 5.34. The molecule has 0 aromatic heterocycles. The lowest BCUT2D eigenvalue weighted by Crippen LogP contribution is -2.53. The second-order valence-electron chi connectivity index (χ2n) is 7.26. The Bertz CT molecular complexity index is 555. The molecule has 1 aliphatic heterocycles. The van der Waals surface area contributed by atoms with Crippen LogP contribution in [0.4, 0.5) is 0 Å². The molecular formula is C20H32O6. The molecule has 1 saturated heterocycles. The van der Waals surface area contributed by atoms with Crippen molar-refractivity contribution in [2.75, 3.05) is 42.2 Å². The van der Waals surface area contributed by atoms with E-state index in [1.807, 2.05) is 0 Å². The Kier molecular flexibility index (Phi) is 6.48.